The molecule has 1 aromatic heterocycles. The lowest BCUT2D eigenvalue weighted by Gasteiger charge is -2.20. The fraction of sp³-hybridized carbons (Fsp3) is 0.471. The van der Waals surface area contributed by atoms with Crippen molar-refractivity contribution in [2.24, 2.45) is 7.05 Å². The Balaban J connectivity index is 2.11. The van der Waals surface area contributed by atoms with E-state index in [0.29, 0.717) is 5.56 Å². The Morgan fingerprint density at radius 3 is 2.86 bits per heavy atom. The fourth-order valence-electron chi connectivity index (χ4n) is 2.54. The summed E-state index contributed by atoms with van der Waals surface area (Å²) in [6.45, 7) is 4.83. The molecule has 0 saturated carbocycles. The van der Waals surface area contributed by atoms with E-state index in [9.17, 15) is 4.39 Å². The lowest BCUT2D eigenvalue weighted by molar-refractivity contribution is 0.472. The van der Waals surface area contributed by atoms with Crippen LogP contribution in [-0.4, -0.2) is 16.3 Å². The number of aromatic nitrogens is 2. The topological polar surface area (TPSA) is 29.9 Å². The number of halogens is 1. The van der Waals surface area contributed by atoms with E-state index >= 15 is 0 Å². The van der Waals surface area contributed by atoms with Crippen molar-refractivity contribution in [3.8, 4) is 0 Å². The van der Waals surface area contributed by atoms with Gasteiger partial charge in [-0.25, -0.2) is 4.39 Å². The number of aryl methyl sites for hydroxylation is 3. The van der Waals surface area contributed by atoms with Gasteiger partial charge in [0.15, 0.2) is 0 Å². The van der Waals surface area contributed by atoms with Gasteiger partial charge in [-0.05, 0) is 43.9 Å². The van der Waals surface area contributed by atoms with Crippen LogP contribution in [0.2, 0.25) is 0 Å². The molecule has 21 heavy (non-hydrogen) atoms. The van der Waals surface area contributed by atoms with Gasteiger partial charge in [-0.3, -0.25) is 4.68 Å². The summed E-state index contributed by atoms with van der Waals surface area (Å²) in [5.41, 5.74) is 2.67. The zero-order chi connectivity index (χ0) is 15.2. The van der Waals surface area contributed by atoms with Crippen molar-refractivity contribution in [3.05, 3.63) is 53.1 Å². The lowest BCUT2D eigenvalue weighted by atomic mass is 9.97. The molecule has 0 radical (unpaired) electrons. The van der Waals surface area contributed by atoms with Gasteiger partial charge in [0.05, 0.1) is 6.20 Å². The van der Waals surface area contributed by atoms with E-state index in [2.05, 4.69) is 17.3 Å². The van der Waals surface area contributed by atoms with Crippen molar-refractivity contribution in [2.45, 2.75) is 39.2 Å². The van der Waals surface area contributed by atoms with Crippen LogP contribution in [0.4, 0.5) is 4.39 Å². The SMILES string of the molecule is CCCNC(CCc1cnn(C)c1)c1cccc(C)c1F. The molecule has 2 rings (SSSR count). The fourth-order valence-corrected chi connectivity index (χ4v) is 2.54. The third kappa shape index (κ3) is 4.14. The standard InChI is InChI=1S/C17H24FN3/c1-4-10-19-16(9-8-14-11-20-21(3)12-14)15-7-5-6-13(2)17(15)18/h5-7,11-12,16,19H,4,8-10H2,1-3H3. The minimum absolute atomic E-state index is 0.0463. The van der Waals surface area contributed by atoms with Crippen molar-refractivity contribution in [2.75, 3.05) is 6.54 Å². The van der Waals surface area contributed by atoms with Crippen LogP contribution >= 0.6 is 0 Å². The summed E-state index contributed by atoms with van der Waals surface area (Å²) in [4.78, 5) is 0. The number of nitrogens with one attached hydrogen (secondary N) is 1. The summed E-state index contributed by atoms with van der Waals surface area (Å²) in [5.74, 6) is -0.0858. The second-order valence-electron chi connectivity index (χ2n) is 5.55. The van der Waals surface area contributed by atoms with Crippen molar-refractivity contribution < 1.29 is 4.39 Å². The molecule has 0 aliphatic rings. The Kier molecular flexibility index (Phi) is 5.51. The van der Waals surface area contributed by atoms with Crippen LogP contribution in [0.5, 0.6) is 0 Å². The molecule has 3 nitrogen and oxygen atoms in total. The highest BCUT2D eigenvalue weighted by Gasteiger charge is 2.16. The van der Waals surface area contributed by atoms with Crippen molar-refractivity contribution in [3.63, 3.8) is 0 Å². The third-order valence-corrected chi connectivity index (χ3v) is 3.72. The second-order valence-corrected chi connectivity index (χ2v) is 5.55. The number of benzene rings is 1. The van der Waals surface area contributed by atoms with E-state index in [0.717, 1.165) is 31.4 Å². The predicted molar refractivity (Wildman–Crippen MR) is 83.7 cm³/mol. The quantitative estimate of drug-likeness (QED) is 0.845. The molecule has 0 bridgehead atoms. The molecular weight excluding hydrogens is 265 g/mol. The number of rotatable bonds is 7. The van der Waals surface area contributed by atoms with E-state index in [1.165, 1.54) is 5.56 Å². The van der Waals surface area contributed by atoms with Crippen molar-refractivity contribution in [1.82, 2.24) is 15.1 Å². The molecule has 0 fully saturated rings. The zero-order valence-electron chi connectivity index (χ0n) is 13.1. The van der Waals surface area contributed by atoms with Crippen molar-refractivity contribution in [1.29, 1.82) is 0 Å². The molecule has 0 aliphatic carbocycles. The van der Waals surface area contributed by atoms with E-state index in [1.807, 2.05) is 44.6 Å². The minimum Gasteiger partial charge on any atom is -0.310 e. The van der Waals surface area contributed by atoms with Crippen LogP contribution in [0.3, 0.4) is 0 Å². The molecule has 0 saturated heterocycles. The Bertz CT molecular complexity index is 577. The van der Waals surface area contributed by atoms with Crippen LogP contribution < -0.4 is 5.32 Å². The van der Waals surface area contributed by atoms with Crippen LogP contribution in [0.1, 0.15) is 42.5 Å². The molecule has 1 unspecified atom stereocenters. The summed E-state index contributed by atoms with van der Waals surface area (Å²) < 4.78 is 16.2. The molecule has 1 atom stereocenters. The smallest absolute Gasteiger partial charge is 0.130 e. The number of hydrogen-bond acceptors (Lipinski definition) is 2. The molecule has 1 heterocycles. The molecule has 0 spiro atoms. The van der Waals surface area contributed by atoms with Gasteiger partial charge in [0.1, 0.15) is 5.82 Å². The average molecular weight is 289 g/mol. The van der Waals surface area contributed by atoms with Gasteiger partial charge in [-0.1, -0.05) is 25.1 Å². The largest absolute Gasteiger partial charge is 0.310 e. The molecule has 0 aliphatic heterocycles. The number of hydrogen-bond donors (Lipinski definition) is 1. The van der Waals surface area contributed by atoms with E-state index in [1.54, 1.807) is 4.68 Å². The highest BCUT2D eigenvalue weighted by Crippen LogP contribution is 2.24. The first-order valence-electron chi connectivity index (χ1n) is 7.57. The van der Waals surface area contributed by atoms with Crippen LogP contribution in [0.15, 0.2) is 30.6 Å². The summed E-state index contributed by atoms with van der Waals surface area (Å²) >= 11 is 0. The zero-order valence-corrected chi connectivity index (χ0v) is 13.1. The van der Waals surface area contributed by atoms with Gasteiger partial charge in [0.25, 0.3) is 0 Å². The average Bonchev–Trinajstić information content (AvgIpc) is 2.88. The monoisotopic (exact) mass is 289 g/mol. The first-order chi connectivity index (χ1) is 10.1. The van der Waals surface area contributed by atoms with Crippen LogP contribution in [-0.2, 0) is 13.5 Å². The van der Waals surface area contributed by atoms with Crippen LogP contribution in [0.25, 0.3) is 0 Å². The first-order valence-corrected chi connectivity index (χ1v) is 7.57. The second kappa shape index (κ2) is 7.36. The molecule has 1 N–H and O–H groups in total. The van der Waals surface area contributed by atoms with E-state index in [4.69, 9.17) is 0 Å². The van der Waals surface area contributed by atoms with Crippen LogP contribution in [0, 0.1) is 12.7 Å². The van der Waals surface area contributed by atoms with E-state index < -0.39 is 0 Å². The summed E-state index contributed by atoms with van der Waals surface area (Å²) in [6, 6.07) is 5.68. The van der Waals surface area contributed by atoms with Gasteiger partial charge in [0.2, 0.25) is 0 Å². The minimum atomic E-state index is -0.0858. The van der Waals surface area contributed by atoms with Gasteiger partial charge < -0.3 is 5.32 Å². The lowest BCUT2D eigenvalue weighted by Crippen LogP contribution is -2.24. The third-order valence-electron chi connectivity index (χ3n) is 3.72. The maximum atomic E-state index is 14.4. The maximum absolute atomic E-state index is 14.4. The van der Waals surface area contributed by atoms with Gasteiger partial charge >= 0.3 is 0 Å². The van der Waals surface area contributed by atoms with Gasteiger partial charge in [-0.2, -0.15) is 5.10 Å². The van der Waals surface area contributed by atoms with E-state index in [-0.39, 0.29) is 11.9 Å². The molecule has 0 amide bonds. The summed E-state index contributed by atoms with van der Waals surface area (Å²) in [7, 11) is 1.91. The maximum Gasteiger partial charge on any atom is 0.130 e. The summed E-state index contributed by atoms with van der Waals surface area (Å²) in [6.07, 6.45) is 6.69. The molecule has 114 valence electrons. The predicted octanol–water partition coefficient (Wildman–Crippen LogP) is 3.54. The molecule has 1 aromatic carbocycles. The first kappa shape index (κ1) is 15.7. The van der Waals surface area contributed by atoms with Gasteiger partial charge in [0, 0.05) is 24.8 Å². The van der Waals surface area contributed by atoms with Gasteiger partial charge in [-0.15, -0.1) is 0 Å². The highest BCUT2D eigenvalue weighted by molar-refractivity contribution is 5.27. The summed E-state index contributed by atoms with van der Waals surface area (Å²) in [5, 5.41) is 7.65. The Hall–Kier alpha value is -1.68. The Morgan fingerprint density at radius 2 is 2.19 bits per heavy atom. The Morgan fingerprint density at radius 1 is 1.38 bits per heavy atom. The molecular formula is C17H24FN3. The van der Waals surface area contributed by atoms with Crippen molar-refractivity contribution >= 4 is 0 Å². The normalized spacial score (nSPS) is 12.6. The highest BCUT2D eigenvalue weighted by atomic mass is 19.1. The molecule has 2 aromatic rings. The Labute approximate surface area is 126 Å². The molecule has 4 heteroatoms. The number of nitrogens with zero attached hydrogens (tertiary/aromatic N) is 2.